The molecule has 0 aliphatic heterocycles. The zero-order valence-electron chi connectivity index (χ0n) is 8.56. The minimum absolute atomic E-state index is 0.688. The molecular formula is C10H11BrN4S. The van der Waals surface area contributed by atoms with Gasteiger partial charge in [0.05, 0.1) is 0 Å². The van der Waals surface area contributed by atoms with E-state index < -0.39 is 0 Å². The van der Waals surface area contributed by atoms with E-state index in [-0.39, 0.29) is 0 Å². The highest BCUT2D eigenvalue weighted by Crippen LogP contribution is 2.25. The van der Waals surface area contributed by atoms with Crippen molar-refractivity contribution < 1.29 is 0 Å². The molecule has 0 saturated heterocycles. The lowest BCUT2D eigenvalue weighted by Crippen LogP contribution is -1.99. The van der Waals surface area contributed by atoms with Crippen molar-refractivity contribution in [2.24, 2.45) is 5.73 Å². The zero-order valence-corrected chi connectivity index (χ0v) is 11.0. The second-order valence-corrected chi connectivity index (χ2v) is 5.26. The van der Waals surface area contributed by atoms with Gasteiger partial charge in [0, 0.05) is 28.9 Å². The van der Waals surface area contributed by atoms with Crippen LogP contribution in [0, 0.1) is 0 Å². The fourth-order valence-corrected chi connectivity index (χ4v) is 2.48. The smallest absolute Gasteiger partial charge is 0.149 e. The van der Waals surface area contributed by atoms with Gasteiger partial charge in [-0.25, -0.2) is 0 Å². The lowest BCUT2D eigenvalue weighted by Gasteiger charge is -1.94. The van der Waals surface area contributed by atoms with Gasteiger partial charge in [-0.05, 0) is 35.0 Å². The Bertz CT molecular complexity index is 471. The molecule has 16 heavy (non-hydrogen) atoms. The first-order valence-corrected chi connectivity index (χ1v) is 6.54. The fourth-order valence-electron chi connectivity index (χ4n) is 1.25. The summed E-state index contributed by atoms with van der Waals surface area (Å²) in [7, 11) is 0. The largest absolute Gasteiger partial charge is 0.330 e. The molecule has 0 spiro atoms. The van der Waals surface area contributed by atoms with E-state index in [4.69, 9.17) is 5.73 Å². The molecule has 0 fully saturated rings. The molecule has 0 aromatic carbocycles. The Morgan fingerprint density at radius 2 is 2.19 bits per heavy atom. The summed E-state index contributed by atoms with van der Waals surface area (Å²) < 4.78 is 0.948. The van der Waals surface area contributed by atoms with Crippen LogP contribution in [-0.2, 0) is 6.42 Å². The Labute approximate surface area is 106 Å². The maximum absolute atomic E-state index is 5.45. The Morgan fingerprint density at radius 3 is 2.94 bits per heavy atom. The van der Waals surface area contributed by atoms with Crippen LogP contribution in [0.25, 0.3) is 10.6 Å². The summed E-state index contributed by atoms with van der Waals surface area (Å²) in [4.78, 5) is 4.10. The van der Waals surface area contributed by atoms with Crippen molar-refractivity contribution in [3.05, 3.63) is 27.9 Å². The molecule has 6 heteroatoms. The molecule has 0 aliphatic rings. The predicted molar refractivity (Wildman–Crippen MR) is 68.2 cm³/mol. The van der Waals surface area contributed by atoms with E-state index in [2.05, 4.69) is 31.1 Å². The minimum Gasteiger partial charge on any atom is -0.330 e. The first-order valence-electron chi connectivity index (χ1n) is 4.93. The highest BCUT2D eigenvalue weighted by molar-refractivity contribution is 9.10. The molecule has 0 bridgehead atoms. The van der Waals surface area contributed by atoms with Crippen LogP contribution in [0.1, 0.15) is 11.4 Å². The van der Waals surface area contributed by atoms with Crippen LogP contribution in [-0.4, -0.2) is 21.7 Å². The number of halogens is 1. The van der Waals surface area contributed by atoms with Crippen molar-refractivity contribution in [2.45, 2.75) is 12.8 Å². The Kier molecular flexibility index (Phi) is 3.98. The number of nitrogens with zero attached hydrogens (tertiary/aromatic N) is 3. The lowest BCUT2D eigenvalue weighted by atomic mass is 10.3. The summed E-state index contributed by atoms with van der Waals surface area (Å²) in [6.45, 7) is 0.688. The van der Waals surface area contributed by atoms with Gasteiger partial charge in [0.1, 0.15) is 10.0 Å². The Morgan fingerprint density at radius 1 is 1.31 bits per heavy atom. The van der Waals surface area contributed by atoms with E-state index in [0.717, 1.165) is 32.9 Å². The molecule has 2 rings (SSSR count). The molecule has 4 nitrogen and oxygen atoms in total. The second-order valence-electron chi connectivity index (χ2n) is 3.29. The number of hydrogen-bond donors (Lipinski definition) is 1. The van der Waals surface area contributed by atoms with Crippen molar-refractivity contribution in [3.8, 4) is 10.6 Å². The Hall–Kier alpha value is -0.850. The van der Waals surface area contributed by atoms with Gasteiger partial charge in [0.25, 0.3) is 0 Å². The van der Waals surface area contributed by atoms with E-state index >= 15 is 0 Å². The summed E-state index contributed by atoms with van der Waals surface area (Å²) >= 11 is 4.98. The zero-order chi connectivity index (χ0) is 11.4. The van der Waals surface area contributed by atoms with E-state index in [0.29, 0.717) is 6.54 Å². The summed E-state index contributed by atoms with van der Waals surface area (Å²) in [5, 5.41) is 10.2. The number of aromatic nitrogens is 3. The SMILES string of the molecule is NCCCc1nnc(-c2cncc(Br)c2)s1. The molecule has 2 N–H and O–H groups in total. The molecule has 0 saturated carbocycles. The maximum Gasteiger partial charge on any atom is 0.149 e. The van der Waals surface area contributed by atoms with Crippen molar-refractivity contribution in [1.82, 2.24) is 15.2 Å². The fraction of sp³-hybridized carbons (Fsp3) is 0.300. The molecule has 2 aromatic rings. The van der Waals surface area contributed by atoms with Gasteiger partial charge in [-0.2, -0.15) is 0 Å². The number of aryl methyl sites for hydroxylation is 1. The first kappa shape index (κ1) is 11.6. The number of rotatable bonds is 4. The van der Waals surface area contributed by atoms with Gasteiger partial charge in [-0.3, -0.25) is 4.98 Å². The van der Waals surface area contributed by atoms with Crippen molar-refractivity contribution in [1.29, 1.82) is 0 Å². The van der Waals surface area contributed by atoms with Crippen molar-refractivity contribution in [2.75, 3.05) is 6.54 Å². The first-order chi connectivity index (χ1) is 7.79. The summed E-state index contributed by atoms with van der Waals surface area (Å²) in [5.74, 6) is 0. The van der Waals surface area contributed by atoms with Crippen molar-refractivity contribution >= 4 is 27.3 Å². The monoisotopic (exact) mass is 298 g/mol. The van der Waals surface area contributed by atoms with Crippen LogP contribution in [0.4, 0.5) is 0 Å². The summed E-state index contributed by atoms with van der Waals surface area (Å²) in [6.07, 6.45) is 5.39. The van der Waals surface area contributed by atoms with Crippen LogP contribution in [0.2, 0.25) is 0 Å². The van der Waals surface area contributed by atoms with Crippen LogP contribution in [0.5, 0.6) is 0 Å². The van der Waals surface area contributed by atoms with Crippen LogP contribution >= 0.6 is 27.3 Å². The van der Waals surface area contributed by atoms with E-state index in [1.54, 1.807) is 23.7 Å². The maximum atomic E-state index is 5.45. The van der Waals surface area contributed by atoms with Crippen LogP contribution in [0.3, 0.4) is 0 Å². The highest BCUT2D eigenvalue weighted by Gasteiger charge is 2.06. The van der Waals surface area contributed by atoms with Gasteiger partial charge in [0.2, 0.25) is 0 Å². The van der Waals surface area contributed by atoms with E-state index in [1.165, 1.54) is 0 Å². The van der Waals surface area contributed by atoms with Gasteiger partial charge >= 0.3 is 0 Å². The van der Waals surface area contributed by atoms with Crippen LogP contribution in [0.15, 0.2) is 22.9 Å². The van der Waals surface area contributed by atoms with Crippen molar-refractivity contribution in [3.63, 3.8) is 0 Å². The highest BCUT2D eigenvalue weighted by atomic mass is 79.9. The van der Waals surface area contributed by atoms with Gasteiger partial charge in [-0.15, -0.1) is 10.2 Å². The molecule has 0 atom stereocenters. The van der Waals surface area contributed by atoms with E-state index in [9.17, 15) is 0 Å². The molecule has 0 radical (unpaired) electrons. The molecule has 2 heterocycles. The van der Waals surface area contributed by atoms with E-state index in [1.807, 2.05) is 6.07 Å². The number of hydrogen-bond acceptors (Lipinski definition) is 5. The predicted octanol–water partition coefficient (Wildman–Crippen LogP) is 2.25. The standard InChI is InChI=1S/C10H11BrN4S/c11-8-4-7(5-13-6-8)10-15-14-9(16-10)2-1-3-12/h4-6H,1-3,12H2. The molecule has 84 valence electrons. The van der Waals surface area contributed by atoms with Crippen LogP contribution < -0.4 is 5.73 Å². The number of nitrogens with two attached hydrogens (primary N) is 1. The topological polar surface area (TPSA) is 64.7 Å². The third-order valence-corrected chi connectivity index (χ3v) is 3.48. The third kappa shape index (κ3) is 2.84. The quantitative estimate of drug-likeness (QED) is 0.940. The second kappa shape index (κ2) is 5.47. The average molecular weight is 299 g/mol. The minimum atomic E-state index is 0.688. The summed E-state index contributed by atoms with van der Waals surface area (Å²) in [5.41, 5.74) is 6.45. The lowest BCUT2D eigenvalue weighted by molar-refractivity contribution is 0.812. The molecule has 0 aliphatic carbocycles. The van der Waals surface area contributed by atoms with Gasteiger partial charge in [0.15, 0.2) is 0 Å². The molecule has 2 aromatic heterocycles. The average Bonchev–Trinajstić information content (AvgIpc) is 2.75. The molecule has 0 amide bonds. The van der Waals surface area contributed by atoms with Gasteiger partial charge in [-0.1, -0.05) is 11.3 Å². The molecule has 0 unspecified atom stereocenters. The normalized spacial score (nSPS) is 10.6. The number of pyridine rings is 1. The summed E-state index contributed by atoms with van der Waals surface area (Å²) in [6, 6.07) is 1.99. The van der Waals surface area contributed by atoms with Gasteiger partial charge < -0.3 is 5.73 Å². The third-order valence-electron chi connectivity index (χ3n) is 2.01. The Balaban J connectivity index is 2.18. The molecular weight excluding hydrogens is 288 g/mol.